The maximum Gasteiger partial charge on any atom is 0.229 e. The number of carbonyl (C=O) groups is 1. The van der Waals surface area contributed by atoms with E-state index >= 15 is 0 Å². The number of rotatable bonds is 6. The van der Waals surface area contributed by atoms with E-state index in [2.05, 4.69) is 21.6 Å². The first kappa shape index (κ1) is 18.3. The van der Waals surface area contributed by atoms with E-state index in [0.717, 1.165) is 66.8 Å². The van der Waals surface area contributed by atoms with Crippen LogP contribution in [-0.2, 0) is 28.6 Å². The summed E-state index contributed by atoms with van der Waals surface area (Å²) in [6, 6.07) is 6.08. The van der Waals surface area contributed by atoms with E-state index in [4.69, 9.17) is 10.5 Å². The Bertz CT molecular complexity index is 1060. The maximum absolute atomic E-state index is 11.8. The van der Waals surface area contributed by atoms with E-state index in [9.17, 15) is 4.79 Å². The molecule has 1 aliphatic carbocycles. The van der Waals surface area contributed by atoms with E-state index in [1.54, 1.807) is 0 Å². The molecule has 1 amide bonds. The molecular weight excluding hydrogens is 368 g/mol. The van der Waals surface area contributed by atoms with Crippen LogP contribution in [0.2, 0.25) is 0 Å². The molecule has 152 valence electrons. The van der Waals surface area contributed by atoms with Crippen LogP contribution in [0.4, 0.5) is 0 Å². The first-order valence-electron chi connectivity index (χ1n) is 10.2. The highest BCUT2D eigenvalue weighted by Crippen LogP contribution is 2.47. The molecule has 8 nitrogen and oxygen atoms in total. The molecule has 0 atom stereocenters. The highest BCUT2D eigenvalue weighted by molar-refractivity contribution is 5.89. The summed E-state index contributed by atoms with van der Waals surface area (Å²) in [5.41, 5.74) is 9.91. The molecule has 5 rings (SSSR count). The van der Waals surface area contributed by atoms with Crippen molar-refractivity contribution < 1.29 is 9.53 Å². The van der Waals surface area contributed by atoms with Crippen LogP contribution >= 0.6 is 0 Å². The van der Waals surface area contributed by atoms with Gasteiger partial charge in [-0.15, -0.1) is 0 Å². The van der Waals surface area contributed by atoms with Gasteiger partial charge in [0.25, 0.3) is 0 Å². The molecule has 2 fully saturated rings. The Hall–Kier alpha value is -2.71. The quantitative estimate of drug-likeness (QED) is 0.660. The van der Waals surface area contributed by atoms with Gasteiger partial charge in [0.1, 0.15) is 0 Å². The summed E-state index contributed by atoms with van der Waals surface area (Å²) < 4.78 is 9.85. The molecule has 2 aliphatic rings. The fourth-order valence-corrected chi connectivity index (χ4v) is 4.26. The largest absolute Gasteiger partial charge is 0.373 e. The first-order chi connectivity index (χ1) is 14.1. The lowest BCUT2D eigenvalue weighted by molar-refractivity contribution is -0.120. The molecule has 1 saturated carbocycles. The van der Waals surface area contributed by atoms with Gasteiger partial charge in [-0.2, -0.15) is 10.2 Å². The van der Waals surface area contributed by atoms with Crippen molar-refractivity contribution in [2.75, 3.05) is 13.1 Å². The second-order valence-electron chi connectivity index (χ2n) is 8.16. The van der Waals surface area contributed by atoms with Crippen molar-refractivity contribution in [1.82, 2.24) is 24.7 Å². The summed E-state index contributed by atoms with van der Waals surface area (Å²) in [4.78, 5) is 11.8. The third kappa shape index (κ3) is 3.22. The Morgan fingerprint density at radius 1 is 1.34 bits per heavy atom. The Balaban J connectivity index is 1.43. The van der Waals surface area contributed by atoms with Gasteiger partial charge in [-0.3, -0.25) is 9.48 Å². The maximum atomic E-state index is 11.8. The Kier molecular flexibility index (Phi) is 4.40. The molecule has 3 N–H and O–H groups in total. The van der Waals surface area contributed by atoms with Crippen molar-refractivity contribution in [2.45, 2.75) is 43.8 Å². The molecule has 1 saturated heterocycles. The molecule has 4 heterocycles. The van der Waals surface area contributed by atoms with Crippen molar-refractivity contribution in [3.8, 4) is 11.3 Å². The van der Waals surface area contributed by atoms with Gasteiger partial charge in [0.05, 0.1) is 41.2 Å². The monoisotopic (exact) mass is 394 g/mol. The number of nitrogens with one attached hydrogen (secondary N) is 1. The molecular formula is C21H26N6O2. The number of pyridine rings is 1. The molecule has 1 aliphatic heterocycles. The first-order valence-corrected chi connectivity index (χ1v) is 10.2. The Morgan fingerprint density at radius 3 is 2.86 bits per heavy atom. The zero-order valence-corrected chi connectivity index (χ0v) is 16.6. The number of piperidine rings is 1. The van der Waals surface area contributed by atoms with Crippen LogP contribution in [0.3, 0.4) is 0 Å². The zero-order chi connectivity index (χ0) is 20.0. The number of amides is 1. The number of ether oxygens (including phenoxy) is 1. The summed E-state index contributed by atoms with van der Waals surface area (Å²) >= 11 is 0. The van der Waals surface area contributed by atoms with Gasteiger partial charge in [0.2, 0.25) is 5.91 Å². The predicted molar refractivity (Wildman–Crippen MR) is 108 cm³/mol. The van der Waals surface area contributed by atoms with Gasteiger partial charge in [-0.1, -0.05) is 0 Å². The van der Waals surface area contributed by atoms with Gasteiger partial charge in [-0.25, -0.2) is 4.52 Å². The van der Waals surface area contributed by atoms with Crippen LogP contribution in [0.1, 0.15) is 36.9 Å². The van der Waals surface area contributed by atoms with E-state index in [1.165, 1.54) is 0 Å². The summed E-state index contributed by atoms with van der Waals surface area (Å²) in [5.74, 6) is -0.287. The summed E-state index contributed by atoms with van der Waals surface area (Å²) in [6.07, 6.45) is 7.75. The molecule has 0 spiro atoms. The van der Waals surface area contributed by atoms with Gasteiger partial charge >= 0.3 is 0 Å². The van der Waals surface area contributed by atoms with Gasteiger partial charge < -0.3 is 15.8 Å². The van der Waals surface area contributed by atoms with Crippen molar-refractivity contribution in [1.29, 1.82) is 0 Å². The molecule has 8 heteroatoms. The Morgan fingerprint density at radius 2 is 2.14 bits per heavy atom. The molecule has 0 aromatic carbocycles. The predicted octanol–water partition coefficient (Wildman–Crippen LogP) is 1.52. The minimum absolute atomic E-state index is 0.287. The molecule has 0 bridgehead atoms. The van der Waals surface area contributed by atoms with Crippen molar-refractivity contribution in [3.05, 3.63) is 41.9 Å². The lowest BCUT2D eigenvalue weighted by Crippen LogP contribution is -2.32. The van der Waals surface area contributed by atoms with Gasteiger partial charge in [0, 0.05) is 24.4 Å². The lowest BCUT2D eigenvalue weighted by Gasteiger charge is -2.23. The highest BCUT2D eigenvalue weighted by atomic mass is 16.5. The number of aromatic nitrogens is 4. The third-order valence-electron chi connectivity index (χ3n) is 6.22. The molecule has 29 heavy (non-hydrogen) atoms. The second-order valence-corrected chi connectivity index (χ2v) is 8.16. The molecule has 0 radical (unpaired) electrons. The fourth-order valence-electron chi connectivity index (χ4n) is 4.26. The standard InChI is InChI=1S/C21H26N6O2/c1-26-19(15(12-24-26)13-29-17-2-7-23-8-3-17)14-4-9-27-16(10-14)11-18(25-27)21(5-6-21)20(22)28/h4,9-12,17,23H,2-3,5-8,13H2,1H3,(H2,22,28). The topological polar surface area (TPSA) is 99.5 Å². The van der Waals surface area contributed by atoms with Crippen LogP contribution in [0.15, 0.2) is 30.6 Å². The summed E-state index contributed by atoms with van der Waals surface area (Å²) in [5, 5.41) is 12.4. The van der Waals surface area contributed by atoms with Gasteiger partial charge in [0.15, 0.2) is 0 Å². The molecule has 0 unspecified atom stereocenters. The van der Waals surface area contributed by atoms with Crippen LogP contribution in [0.25, 0.3) is 16.8 Å². The van der Waals surface area contributed by atoms with Crippen LogP contribution < -0.4 is 11.1 Å². The highest BCUT2D eigenvalue weighted by Gasteiger charge is 2.52. The molecule has 3 aromatic rings. The van der Waals surface area contributed by atoms with Crippen LogP contribution in [-0.4, -0.2) is 44.5 Å². The number of nitrogens with zero attached hydrogens (tertiary/aromatic N) is 4. The number of primary amides is 1. The number of nitrogens with two attached hydrogens (primary N) is 1. The molecule has 3 aromatic heterocycles. The van der Waals surface area contributed by atoms with Crippen molar-refractivity contribution >= 4 is 11.4 Å². The third-order valence-corrected chi connectivity index (χ3v) is 6.22. The Labute approximate surface area is 169 Å². The lowest BCUT2D eigenvalue weighted by atomic mass is 10.0. The number of hydrogen-bond acceptors (Lipinski definition) is 5. The number of fused-ring (bicyclic) bond motifs is 1. The van der Waals surface area contributed by atoms with Gasteiger partial charge in [-0.05, 0) is 57.0 Å². The minimum Gasteiger partial charge on any atom is -0.373 e. The second kappa shape index (κ2) is 6.96. The smallest absolute Gasteiger partial charge is 0.229 e. The van der Waals surface area contributed by atoms with Crippen molar-refractivity contribution in [2.24, 2.45) is 12.8 Å². The fraction of sp³-hybridized carbons (Fsp3) is 0.476. The van der Waals surface area contributed by atoms with E-state index in [-0.39, 0.29) is 5.91 Å². The average molecular weight is 394 g/mol. The van der Waals surface area contributed by atoms with E-state index in [1.807, 2.05) is 40.8 Å². The van der Waals surface area contributed by atoms with E-state index < -0.39 is 5.41 Å². The summed E-state index contributed by atoms with van der Waals surface area (Å²) in [7, 11) is 1.95. The average Bonchev–Trinajstić information content (AvgIpc) is 3.31. The van der Waals surface area contributed by atoms with E-state index in [0.29, 0.717) is 12.7 Å². The number of hydrogen-bond donors (Lipinski definition) is 2. The van der Waals surface area contributed by atoms with Crippen molar-refractivity contribution in [3.63, 3.8) is 0 Å². The summed E-state index contributed by atoms with van der Waals surface area (Å²) in [6.45, 7) is 2.57. The minimum atomic E-state index is -0.577. The number of carbonyl (C=O) groups excluding carboxylic acids is 1. The number of aryl methyl sites for hydroxylation is 1. The van der Waals surface area contributed by atoms with Crippen LogP contribution in [0, 0.1) is 0 Å². The SMILES string of the molecule is Cn1ncc(COC2CCNCC2)c1-c1ccn2nc(C3(C(N)=O)CC3)cc2c1. The zero-order valence-electron chi connectivity index (χ0n) is 16.6. The van der Waals surface area contributed by atoms with Crippen LogP contribution in [0.5, 0.6) is 0 Å². The normalized spacial score (nSPS) is 18.9.